The number of benzene rings is 1. The normalized spacial score (nSPS) is 20.6. The lowest BCUT2D eigenvalue weighted by molar-refractivity contribution is 0.00331. The number of amides is 2. The molecule has 2 fully saturated rings. The van der Waals surface area contributed by atoms with Crippen LogP contribution in [0.3, 0.4) is 0 Å². The summed E-state index contributed by atoms with van der Waals surface area (Å²) in [5, 5.41) is 2.68. The van der Waals surface area contributed by atoms with Gasteiger partial charge in [-0.25, -0.2) is 4.79 Å². The van der Waals surface area contributed by atoms with E-state index in [-0.39, 0.29) is 12.0 Å². The monoisotopic (exact) mass is 275 g/mol. The smallest absolute Gasteiger partial charge is 0.407 e. The Morgan fingerprint density at radius 1 is 1.25 bits per heavy atom. The number of alkyl carbamates (subject to hydrolysis) is 1. The van der Waals surface area contributed by atoms with Crippen molar-refractivity contribution in [3.8, 4) is 0 Å². The minimum Gasteiger partial charge on any atom is -0.441 e. The number of nitrogens with one attached hydrogen (secondary N) is 1. The molecule has 2 heterocycles. The summed E-state index contributed by atoms with van der Waals surface area (Å²) >= 11 is 0. The summed E-state index contributed by atoms with van der Waals surface area (Å²) in [7, 11) is 0. The average molecular weight is 275 g/mol. The molecule has 1 spiro atoms. The van der Waals surface area contributed by atoms with E-state index in [1.165, 1.54) is 0 Å². The number of nitrogen functional groups attached to an aromatic ring is 1. The Morgan fingerprint density at radius 2 is 1.90 bits per heavy atom. The van der Waals surface area contributed by atoms with Crippen LogP contribution in [0.4, 0.5) is 10.5 Å². The molecule has 0 saturated carbocycles. The summed E-state index contributed by atoms with van der Waals surface area (Å²) in [5.74, 6) is -0.00265. The zero-order valence-corrected chi connectivity index (χ0v) is 11.1. The number of piperidine rings is 1. The standard InChI is InChI=1S/C14H17N3O3/c15-11-3-1-10(2-4-11)12(18)17-7-5-14(6-8-17)9-16-13(19)20-14/h1-4H,5-9,15H2,(H,16,19). The highest BCUT2D eigenvalue weighted by Crippen LogP contribution is 2.29. The van der Waals surface area contributed by atoms with Crippen LogP contribution in [0.15, 0.2) is 24.3 Å². The molecule has 0 aliphatic carbocycles. The number of ether oxygens (including phenoxy) is 1. The summed E-state index contributed by atoms with van der Waals surface area (Å²) in [6, 6.07) is 6.92. The molecular formula is C14H17N3O3. The molecule has 1 aromatic carbocycles. The van der Waals surface area contributed by atoms with Gasteiger partial charge < -0.3 is 20.7 Å². The van der Waals surface area contributed by atoms with Crippen molar-refractivity contribution in [3.05, 3.63) is 29.8 Å². The number of anilines is 1. The summed E-state index contributed by atoms with van der Waals surface area (Å²) in [5.41, 5.74) is 6.47. The largest absolute Gasteiger partial charge is 0.441 e. The highest BCUT2D eigenvalue weighted by Gasteiger charge is 2.43. The van der Waals surface area contributed by atoms with E-state index in [9.17, 15) is 9.59 Å². The Labute approximate surface area is 116 Å². The minimum atomic E-state index is -0.422. The number of carbonyl (C=O) groups is 2. The van der Waals surface area contributed by atoms with Crippen LogP contribution in [0.25, 0.3) is 0 Å². The lowest BCUT2D eigenvalue weighted by Gasteiger charge is -2.37. The maximum atomic E-state index is 12.3. The van der Waals surface area contributed by atoms with Crippen molar-refractivity contribution in [2.24, 2.45) is 0 Å². The van der Waals surface area contributed by atoms with E-state index in [0.29, 0.717) is 43.7 Å². The predicted octanol–water partition coefficient (Wildman–Crippen LogP) is 0.983. The molecule has 2 aliphatic heterocycles. The fraction of sp³-hybridized carbons (Fsp3) is 0.429. The van der Waals surface area contributed by atoms with Crippen molar-refractivity contribution in [1.82, 2.24) is 10.2 Å². The topological polar surface area (TPSA) is 84.7 Å². The van der Waals surface area contributed by atoms with Crippen molar-refractivity contribution in [2.45, 2.75) is 18.4 Å². The van der Waals surface area contributed by atoms with Gasteiger partial charge >= 0.3 is 6.09 Å². The van der Waals surface area contributed by atoms with Crippen LogP contribution in [-0.4, -0.2) is 42.1 Å². The molecule has 0 atom stereocenters. The van der Waals surface area contributed by atoms with Crippen LogP contribution in [0.1, 0.15) is 23.2 Å². The van der Waals surface area contributed by atoms with Gasteiger partial charge in [0.15, 0.2) is 0 Å². The third-order valence-corrected chi connectivity index (χ3v) is 3.98. The van der Waals surface area contributed by atoms with Gasteiger partial charge in [0.05, 0.1) is 6.54 Å². The highest BCUT2D eigenvalue weighted by atomic mass is 16.6. The van der Waals surface area contributed by atoms with Crippen LogP contribution in [0.2, 0.25) is 0 Å². The van der Waals surface area contributed by atoms with Crippen LogP contribution in [0.5, 0.6) is 0 Å². The van der Waals surface area contributed by atoms with Crippen molar-refractivity contribution in [1.29, 1.82) is 0 Å². The second-order valence-corrected chi connectivity index (χ2v) is 5.34. The maximum Gasteiger partial charge on any atom is 0.407 e. The first-order chi connectivity index (χ1) is 9.58. The number of nitrogens with zero attached hydrogens (tertiary/aromatic N) is 1. The van der Waals surface area contributed by atoms with E-state index < -0.39 is 5.60 Å². The first-order valence-corrected chi connectivity index (χ1v) is 6.70. The maximum absolute atomic E-state index is 12.3. The molecule has 3 rings (SSSR count). The van der Waals surface area contributed by atoms with Crippen molar-refractivity contribution in [2.75, 3.05) is 25.4 Å². The molecule has 2 amide bonds. The summed E-state index contributed by atoms with van der Waals surface area (Å²) in [4.78, 5) is 25.3. The molecule has 6 heteroatoms. The molecule has 0 bridgehead atoms. The zero-order chi connectivity index (χ0) is 14.2. The molecule has 106 valence electrons. The van der Waals surface area contributed by atoms with Crippen LogP contribution in [-0.2, 0) is 4.74 Å². The SMILES string of the molecule is Nc1ccc(C(=O)N2CCC3(CC2)CNC(=O)O3)cc1. The van der Waals surface area contributed by atoms with E-state index in [2.05, 4.69) is 5.32 Å². The molecule has 6 nitrogen and oxygen atoms in total. The Bertz CT molecular complexity index is 533. The summed E-state index contributed by atoms with van der Waals surface area (Å²) in [6.07, 6.45) is 0.988. The van der Waals surface area contributed by atoms with Gasteiger partial charge in [0.1, 0.15) is 5.60 Å². The van der Waals surface area contributed by atoms with Gasteiger partial charge in [-0.1, -0.05) is 0 Å². The van der Waals surface area contributed by atoms with Crippen molar-refractivity contribution in [3.63, 3.8) is 0 Å². The summed E-state index contributed by atoms with van der Waals surface area (Å²) in [6.45, 7) is 1.73. The Hall–Kier alpha value is -2.24. The van der Waals surface area contributed by atoms with E-state index in [4.69, 9.17) is 10.5 Å². The Kier molecular flexibility index (Phi) is 3.00. The molecular weight excluding hydrogens is 258 g/mol. The van der Waals surface area contributed by atoms with Gasteiger partial charge in [-0.3, -0.25) is 4.79 Å². The third kappa shape index (κ3) is 2.29. The lowest BCUT2D eigenvalue weighted by atomic mass is 9.91. The van der Waals surface area contributed by atoms with Gasteiger partial charge in [0, 0.05) is 37.2 Å². The molecule has 1 aromatic rings. The second-order valence-electron chi connectivity index (χ2n) is 5.34. The molecule has 20 heavy (non-hydrogen) atoms. The van der Waals surface area contributed by atoms with Crippen LogP contribution >= 0.6 is 0 Å². The molecule has 2 aliphatic rings. The van der Waals surface area contributed by atoms with Crippen molar-refractivity contribution >= 4 is 17.7 Å². The van der Waals surface area contributed by atoms with Gasteiger partial charge in [-0.05, 0) is 24.3 Å². The first-order valence-electron chi connectivity index (χ1n) is 6.70. The summed E-state index contributed by atoms with van der Waals surface area (Å²) < 4.78 is 5.33. The zero-order valence-electron chi connectivity index (χ0n) is 11.1. The lowest BCUT2D eigenvalue weighted by Crippen LogP contribution is -2.48. The third-order valence-electron chi connectivity index (χ3n) is 3.98. The van der Waals surface area contributed by atoms with E-state index >= 15 is 0 Å². The second kappa shape index (κ2) is 4.70. The van der Waals surface area contributed by atoms with Gasteiger partial charge in [-0.15, -0.1) is 0 Å². The highest BCUT2D eigenvalue weighted by molar-refractivity contribution is 5.94. The fourth-order valence-corrected chi connectivity index (χ4v) is 2.71. The van der Waals surface area contributed by atoms with Crippen molar-refractivity contribution < 1.29 is 14.3 Å². The molecule has 0 unspecified atom stereocenters. The average Bonchev–Trinajstić information content (AvgIpc) is 2.81. The quantitative estimate of drug-likeness (QED) is 0.748. The number of likely N-dealkylation sites (tertiary alicyclic amines) is 1. The number of nitrogens with two attached hydrogens (primary N) is 1. The molecule has 3 N–H and O–H groups in total. The number of carbonyl (C=O) groups excluding carboxylic acids is 2. The van der Waals surface area contributed by atoms with Gasteiger partial charge in [0.2, 0.25) is 0 Å². The minimum absolute atomic E-state index is 0.00265. The van der Waals surface area contributed by atoms with Crippen LogP contribution < -0.4 is 11.1 Å². The molecule has 0 radical (unpaired) electrons. The Balaban J connectivity index is 1.64. The number of hydrogen-bond acceptors (Lipinski definition) is 4. The molecule has 0 aromatic heterocycles. The first kappa shape index (κ1) is 12.8. The van der Waals surface area contributed by atoms with Gasteiger partial charge in [0.25, 0.3) is 5.91 Å². The number of rotatable bonds is 1. The fourth-order valence-electron chi connectivity index (χ4n) is 2.71. The van der Waals surface area contributed by atoms with E-state index in [1.807, 2.05) is 0 Å². The number of hydrogen-bond donors (Lipinski definition) is 2. The van der Waals surface area contributed by atoms with Gasteiger partial charge in [-0.2, -0.15) is 0 Å². The Morgan fingerprint density at radius 3 is 2.45 bits per heavy atom. The van der Waals surface area contributed by atoms with Crippen LogP contribution in [0, 0.1) is 0 Å². The van der Waals surface area contributed by atoms with E-state index in [1.54, 1.807) is 29.2 Å². The van der Waals surface area contributed by atoms with E-state index in [0.717, 1.165) is 0 Å². The molecule has 2 saturated heterocycles. The predicted molar refractivity (Wildman–Crippen MR) is 73.2 cm³/mol.